The lowest BCUT2D eigenvalue weighted by molar-refractivity contribution is -0.143. The van der Waals surface area contributed by atoms with Crippen LogP contribution in [-0.2, 0) is 27.2 Å². The summed E-state index contributed by atoms with van der Waals surface area (Å²) in [5.41, 5.74) is 7.73. The van der Waals surface area contributed by atoms with Crippen LogP contribution in [0.4, 0.5) is 0 Å². The van der Waals surface area contributed by atoms with Crippen LogP contribution in [0.15, 0.2) is 65.9 Å². The van der Waals surface area contributed by atoms with Gasteiger partial charge in [0.25, 0.3) is 5.91 Å². The number of nitrogens with zero attached hydrogens (tertiary/aromatic N) is 3. The van der Waals surface area contributed by atoms with Gasteiger partial charge in [0.05, 0.1) is 11.3 Å². The van der Waals surface area contributed by atoms with E-state index < -0.39 is 22.9 Å². The maximum absolute atomic E-state index is 14.2. The lowest BCUT2D eigenvalue weighted by Crippen LogP contribution is -2.61. The standard InChI is InChI=1S/C30H36N6O3.ClH/c1-4-36-28(39)30(17-20-10-6-5-7-11-20)19-35(15-14-25(30)34-36)26(37)24(33-27(38)29(2,3)31)16-21-18-32-23-13-9-8-12-22(21)23;/h5-13,18,24,32H,4,14-17,19,31H2,1-3H3,(H,33,38);1H/t24-,30?;/m1./s1. The number of para-hydroxylation sites is 1. The Hall–Kier alpha value is -3.69. The van der Waals surface area contributed by atoms with Crippen molar-refractivity contribution in [2.24, 2.45) is 16.3 Å². The summed E-state index contributed by atoms with van der Waals surface area (Å²) in [4.78, 5) is 45.8. The van der Waals surface area contributed by atoms with Gasteiger partial charge in [0.1, 0.15) is 11.5 Å². The highest BCUT2D eigenvalue weighted by Crippen LogP contribution is 2.39. The number of carbonyl (C=O) groups is 3. The van der Waals surface area contributed by atoms with E-state index >= 15 is 0 Å². The van der Waals surface area contributed by atoms with Crippen LogP contribution in [0.3, 0.4) is 0 Å². The second-order valence-electron chi connectivity index (χ2n) is 11.1. The van der Waals surface area contributed by atoms with Crippen LogP contribution < -0.4 is 11.1 Å². The smallest absolute Gasteiger partial charge is 0.256 e. The van der Waals surface area contributed by atoms with E-state index in [0.717, 1.165) is 27.7 Å². The number of benzene rings is 2. The Bertz CT molecular complexity index is 1430. The van der Waals surface area contributed by atoms with E-state index in [1.807, 2.05) is 67.7 Å². The molecule has 2 atom stereocenters. The summed E-state index contributed by atoms with van der Waals surface area (Å²) >= 11 is 0. The van der Waals surface area contributed by atoms with Crippen molar-refractivity contribution in [2.75, 3.05) is 19.6 Å². The molecule has 0 aliphatic carbocycles. The maximum atomic E-state index is 14.2. The molecule has 5 rings (SSSR count). The number of carbonyl (C=O) groups excluding carboxylic acids is 3. The number of halogens is 1. The predicted molar refractivity (Wildman–Crippen MR) is 158 cm³/mol. The number of nitrogens with two attached hydrogens (primary N) is 1. The van der Waals surface area contributed by atoms with E-state index in [1.54, 1.807) is 18.7 Å². The maximum Gasteiger partial charge on any atom is 0.256 e. The number of hydrogen-bond acceptors (Lipinski definition) is 5. The molecule has 3 amide bonds. The highest BCUT2D eigenvalue weighted by atomic mass is 35.5. The van der Waals surface area contributed by atoms with E-state index in [2.05, 4.69) is 15.4 Å². The number of nitrogens with one attached hydrogen (secondary N) is 2. The molecule has 212 valence electrons. The Morgan fingerprint density at radius 1 is 1.15 bits per heavy atom. The molecule has 0 radical (unpaired) electrons. The third kappa shape index (κ3) is 5.48. The first-order valence-corrected chi connectivity index (χ1v) is 13.5. The molecule has 1 fully saturated rings. The molecule has 0 saturated carbocycles. The fourth-order valence-corrected chi connectivity index (χ4v) is 5.62. The van der Waals surface area contributed by atoms with Crippen LogP contribution in [0.1, 0.15) is 38.3 Å². The Balaban J connectivity index is 0.00000370. The van der Waals surface area contributed by atoms with Gasteiger partial charge in [-0.05, 0) is 44.4 Å². The molecule has 1 saturated heterocycles. The molecule has 1 unspecified atom stereocenters. The van der Waals surface area contributed by atoms with Crippen molar-refractivity contribution in [3.8, 4) is 0 Å². The van der Waals surface area contributed by atoms with Crippen molar-refractivity contribution < 1.29 is 14.4 Å². The van der Waals surface area contributed by atoms with Gasteiger partial charge < -0.3 is 20.9 Å². The summed E-state index contributed by atoms with van der Waals surface area (Å²) in [5.74, 6) is -0.721. The number of rotatable bonds is 8. The van der Waals surface area contributed by atoms with Crippen molar-refractivity contribution in [2.45, 2.75) is 51.6 Å². The van der Waals surface area contributed by atoms with Gasteiger partial charge >= 0.3 is 0 Å². The van der Waals surface area contributed by atoms with Gasteiger partial charge in [-0.3, -0.25) is 14.4 Å². The highest BCUT2D eigenvalue weighted by Gasteiger charge is 2.54. The fourth-order valence-electron chi connectivity index (χ4n) is 5.62. The number of piperidine rings is 1. The highest BCUT2D eigenvalue weighted by molar-refractivity contribution is 6.14. The molecule has 2 aliphatic rings. The van der Waals surface area contributed by atoms with E-state index in [1.165, 1.54) is 5.01 Å². The Morgan fingerprint density at radius 2 is 1.85 bits per heavy atom. The molecule has 9 nitrogen and oxygen atoms in total. The quantitative estimate of drug-likeness (QED) is 0.389. The molecule has 40 heavy (non-hydrogen) atoms. The van der Waals surface area contributed by atoms with Gasteiger partial charge in [-0.1, -0.05) is 48.5 Å². The Morgan fingerprint density at radius 3 is 2.55 bits per heavy atom. The van der Waals surface area contributed by atoms with Crippen LogP contribution in [-0.4, -0.2) is 69.5 Å². The molecule has 10 heteroatoms. The topological polar surface area (TPSA) is 124 Å². The van der Waals surface area contributed by atoms with Gasteiger partial charge in [-0.25, -0.2) is 5.01 Å². The minimum Gasteiger partial charge on any atom is -0.361 e. The van der Waals surface area contributed by atoms with Crippen LogP contribution in [0.5, 0.6) is 0 Å². The zero-order chi connectivity index (χ0) is 27.8. The number of aromatic nitrogens is 1. The molecule has 0 spiro atoms. The summed E-state index contributed by atoms with van der Waals surface area (Å²) in [6, 6.07) is 16.9. The van der Waals surface area contributed by atoms with E-state index in [4.69, 9.17) is 5.73 Å². The van der Waals surface area contributed by atoms with Crippen LogP contribution >= 0.6 is 12.4 Å². The van der Waals surface area contributed by atoms with Crippen LogP contribution in [0.25, 0.3) is 10.9 Å². The molecular weight excluding hydrogens is 528 g/mol. The van der Waals surface area contributed by atoms with Crippen molar-refractivity contribution in [3.05, 3.63) is 71.9 Å². The van der Waals surface area contributed by atoms with E-state index in [9.17, 15) is 14.4 Å². The average Bonchev–Trinajstić information content (AvgIpc) is 3.45. The van der Waals surface area contributed by atoms with Crippen LogP contribution in [0, 0.1) is 5.41 Å². The normalized spacial score (nSPS) is 19.6. The van der Waals surface area contributed by atoms with E-state index in [0.29, 0.717) is 32.4 Å². The second-order valence-corrected chi connectivity index (χ2v) is 11.1. The summed E-state index contributed by atoms with van der Waals surface area (Å²) in [7, 11) is 0. The first kappa shape index (κ1) is 29.3. The van der Waals surface area contributed by atoms with Gasteiger partial charge in [-0.2, -0.15) is 5.10 Å². The van der Waals surface area contributed by atoms with Gasteiger partial charge in [0, 0.05) is 49.6 Å². The number of aromatic amines is 1. The fraction of sp³-hybridized carbons (Fsp3) is 0.400. The van der Waals surface area contributed by atoms with Crippen molar-refractivity contribution in [1.29, 1.82) is 0 Å². The van der Waals surface area contributed by atoms with Crippen molar-refractivity contribution in [1.82, 2.24) is 20.2 Å². The second kappa shape index (κ2) is 11.4. The van der Waals surface area contributed by atoms with Gasteiger partial charge in [0.15, 0.2) is 0 Å². The molecule has 4 N–H and O–H groups in total. The Kier molecular flexibility index (Phi) is 8.37. The molecular formula is C30H37ClN6O3. The van der Waals surface area contributed by atoms with Gasteiger partial charge in [0.2, 0.25) is 11.8 Å². The number of fused-ring (bicyclic) bond motifs is 2. The monoisotopic (exact) mass is 564 g/mol. The molecule has 3 aromatic rings. The number of hydrazone groups is 1. The number of amides is 3. The molecule has 2 aromatic carbocycles. The third-order valence-corrected chi connectivity index (χ3v) is 7.76. The molecule has 1 aromatic heterocycles. The minimum absolute atomic E-state index is 0. The zero-order valence-corrected chi connectivity index (χ0v) is 24.0. The number of H-pyrrole nitrogens is 1. The van der Waals surface area contributed by atoms with Gasteiger partial charge in [-0.15, -0.1) is 12.4 Å². The lowest BCUT2D eigenvalue weighted by atomic mass is 9.73. The SMILES string of the molecule is CCN1N=C2CCN(C(=O)[C@@H](Cc3c[nH]c4ccccc34)NC(=O)C(C)(C)N)CC2(Cc2ccccc2)C1=O.Cl. The molecule has 3 heterocycles. The summed E-state index contributed by atoms with van der Waals surface area (Å²) in [6.07, 6.45) is 3.13. The predicted octanol–water partition coefficient (Wildman–Crippen LogP) is 3.03. The zero-order valence-electron chi connectivity index (χ0n) is 23.1. The van der Waals surface area contributed by atoms with Crippen molar-refractivity contribution in [3.63, 3.8) is 0 Å². The first-order chi connectivity index (χ1) is 18.6. The van der Waals surface area contributed by atoms with E-state index in [-0.39, 0.29) is 30.8 Å². The third-order valence-electron chi connectivity index (χ3n) is 7.76. The number of hydrogen-bond donors (Lipinski definition) is 3. The molecule has 0 bridgehead atoms. The Labute approximate surface area is 240 Å². The summed E-state index contributed by atoms with van der Waals surface area (Å²) < 4.78 is 0. The number of likely N-dealkylation sites (tertiary alicyclic amines) is 1. The van der Waals surface area contributed by atoms with Crippen LogP contribution in [0.2, 0.25) is 0 Å². The lowest BCUT2D eigenvalue weighted by Gasteiger charge is -2.41. The molecule has 2 aliphatic heterocycles. The minimum atomic E-state index is -1.15. The first-order valence-electron chi connectivity index (χ1n) is 13.5. The van der Waals surface area contributed by atoms with Crippen molar-refractivity contribution >= 4 is 46.7 Å². The summed E-state index contributed by atoms with van der Waals surface area (Å²) in [6.45, 7) is 6.24. The summed E-state index contributed by atoms with van der Waals surface area (Å²) in [5, 5.41) is 10.1. The average molecular weight is 565 g/mol. The largest absolute Gasteiger partial charge is 0.361 e.